The van der Waals surface area contributed by atoms with Gasteiger partial charge in [-0.15, -0.1) is 11.8 Å². The number of thioether (sulfide) groups is 1. The van der Waals surface area contributed by atoms with E-state index < -0.39 is 6.04 Å². The molecule has 3 aromatic rings. The predicted molar refractivity (Wildman–Crippen MR) is 146 cm³/mol. The zero-order valence-corrected chi connectivity index (χ0v) is 21.9. The van der Waals surface area contributed by atoms with Crippen molar-refractivity contribution >= 4 is 35.2 Å². The molecular formula is C29H33ClN2O2S. The van der Waals surface area contributed by atoms with E-state index in [-0.39, 0.29) is 11.8 Å². The van der Waals surface area contributed by atoms with Crippen LogP contribution < -0.4 is 5.32 Å². The predicted octanol–water partition coefficient (Wildman–Crippen LogP) is 6.30. The maximum absolute atomic E-state index is 13.6. The lowest BCUT2D eigenvalue weighted by atomic mass is 10.0. The van der Waals surface area contributed by atoms with Gasteiger partial charge in [0.2, 0.25) is 11.8 Å². The van der Waals surface area contributed by atoms with Crippen molar-refractivity contribution in [1.82, 2.24) is 10.2 Å². The molecular weight excluding hydrogens is 476 g/mol. The summed E-state index contributed by atoms with van der Waals surface area (Å²) in [5.74, 6) is 0.696. The van der Waals surface area contributed by atoms with Crippen LogP contribution in [-0.4, -0.2) is 35.1 Å². The van der Waals surface area contributed by atoms with Gasteiger partial charge in [-0.1, -0.05) is 66.2 Å². The third-order valence-electron chi connectivity index (χ3n) is 5.84. The molecule has 0 heterocycles. The van der Waals surface area contributed by atoms with Crippen molar-refractivity contribution < 1.29 is 9.59 Å². The Labute approximate surface area is 218 Å². The minimum Gasteiger partial charge on any atom is -0.355 e. The quantitative estimate of drug-likeness (QED) is 0.231. The van der Waals surface area contributed by atoms with Crippen molar-refractivity contribution in [3.63, 3.8) is 0 Å². The van der Waals surface area contributed by atoms with Crippen LogP contribution in [0.2, 0.25) is 5.02 Å². The van der Waals surface area contributed by atoms with Gasteiger partial charge in [0.15, 0.2) is 0 Å². The number of hydrogen-bond acceptors (Lipinski definition) is 3. The average Bonchev–Trinajstić information content (AvgIpc) is 2.86. The highest BCUT2D eigenvalue weighted by atomic mass is 35.5. The first-order valence-corrected chi connectivity index (χ1v) is 13.4. The summed E-state index contributed by atoms with van der Waals surface area (Å²) in [5.41, 5.74) is 3.20. The van der Waals surface area contributed by atoms with Gasteiger partial charge in [-0.05, 0) is 67.0 Å². The number of nitrogens with one attached hydrogen (secondary N) is 1. The number of likely N-dealkylation sites (N-methyl/N-ethyl adjacent to an activating group) is 1. The summed E-state index contributed by atoms with van der Waals surface area (Å²) < 4.78 is 0. The van der Waals surface area contributed by atoms with E-state index in [0.29, 0.717) is 31.0 Å². The molecule has 184 valence electrons. The molecule has 0 saturated carbocycles. The number of nitrogens with zero attached hydrogens (tertiary/aromatic N) is 1. The van der Waals surface area contributed by atoms with Crippen molar-refractivity contribution in [3.05, 3.63) is 101 Å². The van der Waals surface area contributed by atoms with Crippen LogP contribution in [0.3, 0.4) is 0 Å². The van der Waals surface area contributed by atoms with Crippen LogP contribution >= 0.6 is 23.4 Å². The molecule has 0 spiro atoms. The summed E-state index contributed by atoms with van der Waals surface area (Å²) in [4.78, 5) is 29.7. The molecule has 0 radical (unpaired) electrons. The van der Waals surface area contributed by atoms with E-state index in [2.05, 4.69) is 5.32 Å². The normalized spacial score (nSPS) is 11.6. The number of halogens is 1. The van der Waals surface area contributed by atoms with Crippen molar-refractivity contribution in [1.29, 1.82) is 0 Å². The number of amides is 2. The monoisotopic (exact) mass is 508 g/mol. The van der Waals surface area contributed by atoms with Crippen LogP contribution in [-0.2, 0) is 22.6 Å². The third-order valence-corrected chi connectivity index (χ3v) is 7.19. The number of aryl methyl sites for hydroxylation is 1. The topological polar surface area (TPSA) is 49.4 Å². The van der Waals surface area contributed by atoms with E-state index in [9.17, 15) is 9.59 Å². The van der Waals surface area contributed by atoms with Gasteiger partial charge in [-0.3, -0.25) is 9.59 Å². The van der Waals surface area contributed by atoms with Crippen LogP contribution in [0.4, 0.5) is 0 Å². The summed E-state index contributed by atoms with van der Waals surface area (Å²) in [6.07, 6.45) is 1.59. The minimum atomic E-state index is -0.576. The van der Waals surface area contributed by atoms with Crippen molar-refractivity contribution in [2.24, 2.45) is 0 Å². The molecule has 3 aromatic carbocycles. The SMILES string of the molecule is CCNC(=O)[C@@H](Cc1ccccc1)N(Cc1ccccc1C)C(=O)CCCSc1ccc(Cl)cc1. The Hall–Kier alpha value is -2.76. The van der Waals surface area contributed by atoms with E-state index in [1.807, 2.05) is 92.7 Å². The van der Waals surface area contributed by atoms with E-state index in [4.69, 9.17) is 11.6 Å². The van der Waals surface area contributed by atoms with Crippen LogP contribution in [0.5, 0.6) is 0 Å². The van der Waals surface area contributed by atoms with Crippen LogP contribution in [0, 0.1) is 6.92 Å². The van der Waals surface area contributed by atoms with Crippen molar-refractivity contribution in [2.75, 3.05) is 12.3 Å². The molecule has 1 N–H and O–H groups in total. The Morgan fingerprint density at radius 2 is 1.66 bits per heavy atom. The lowest BCUT2D eigenvalue weighted by molar-refractivity contribution is -0.141. The summed E-state index contributed by atoms with van der Waals surface area (Å²) >= 11 is 7.68. The molecule has 2 amide bonds. The molecule has 0 aromatic heterocycles. The van der Waals surface area contributed by atoms with Gasteiger partial charge in [0.25, 0.3) is 0 Å². The molecule has 0 fully saturated rings. The van der Waals surface area contributed by atoms with Crippen LogP contribution in [0.15, 0.2) is 83.8 Å². The number of rotatable bonds is 12. The van der Waals surface area contributed by atoms with Gasteiger partial charge in [-0.25, -0.2) is 0 Å². The molecule has 35 heavy (non-hydrogen) atoms. The molecule has 0 saturated heterocycles. The lowest BCUT2D eigenvalue weighted by Gasteiger charge is -2.32. The van der Waals surface area contributed by atoms with Crippen molar-refractivity contribution in [2.45, 2.75) is 50.6 Å². The van der Waals surface area contributed by atoms with Gasteiger partial charge in [0, 0.05) is 35.8 Å². The number of benzene rings is 3. The summed E-state index contributed by atoms with van der Waals surface area (Å²) in [6.45, 7) is 4.87. The Morgan fingerprint density at radius 3 is 2.34 bits per heavy atom. The Bertz CT molecular complexity index is 1090. The Balaban J connectivity index is 1.77. The second-order valence-electron chi connectivity index (χ2n) is 8.45. The van der Waals surface area contributed by atoms with Gasteiger partial charge < -0.3 is 10.2 Å². The van der Waals surface area contributed by atoms with Crippen LogP contribution in [0.25, 0.3) is 0 Å². The fourth-order valence-corrected chi connectivity index (χ4v) is 4.88. The van der Waals surface area contributed by atoms with E-state index in [0.717, 1.165) is 33.8 Å². The zero-order valence-electron chi connectivity index (χ0n) is 20.4. The molecule has 1 atom stereocenters. The van der Waals surface area contributed by atoms with Gasteiger partial charge in [-0.2, -0.15) is 0 Å². The highest BCUT2D eigenvalue weighted by Gasteiger charge is 2.30. The highest BCUT2D eigenvalue weighted by molar-refractivity contribution is 7.99. The first-order valence-electron chi connectivity index (χ1n) is 12.0. The minimum absolute atomic E-state index is 0.00265. The standard InChI is InChI=1S/C29H33ClN2O2S/c1-3-31-29(34)27(20-23-11-5-4-6-12-23)32(21-24-13-8-7-10-22(24)2)28(33)14-9-19-35-26-17-15-25(30)16-18-26/h4-8,10-13,15-18,27H,3,9,14,19-21H2,1-2H3,(H,31,34)/t27-/m1/s1. The van der Waals surface area contributed by atoms with Gasteiger partial charge in [0.05, 0.1) is 0 Å². The number of hydrogen-bond donors (Lipinski definition) is 1. The lowest BCUT2D eigenvalue weighted by Crippen LogP contribution is -2.50. The first-order chi connectivity index (χ1) is 17.0. The average molecular weight is 509 g/mol. The van der Waals surface area contributed by atoms with Gasteiger partial charge >= 0.3 is 0 Å². The molecule has 0 aliphatic heterocycles. The maximum Gasteiger partial charge on any atom is 0.243 e. The smallest absolute Gasteiger partial charge is 0.243 e. The summed E-state index contributed by atoms with van der Waals surface area (Å²) in [7, 11) is 0. The second kappa shape index (κ2) is 14.0. The van der Waals surface area contributed by atoms with E-state index in [1.54, 1.807) is 16.7 Å². The first kappa shape index (κ1) is 26.8. The van der Waals surface area contributed by atoms with E-state index in [1.165, 1.54) is 0 Å². The molecule has 0 unspecified atom stereocenters. The summed E-state index contributed by atoms with van der Waals surface area (Å²) in [5, 5.41) is 3.66. The fraction of sp³-hybridized carbons (Fsp3) is 0.310. The van der Waals surface area contributed by atoms with Gasteiger partial charge in [0.1, 0.15) is 6.04 Å². The second-order valence-corrected chi connectivity index (χ2v) is 10.1. The molecule has 0 aliphatic carbocycles. The molecule has 6 heteroatoms. The molecule has 0 bridgehead atoms. The van der Waals surface area contributed by atoms with Crippen molar-refractivity contribution in [3.8, 4) is 0 Å². The Morgan fingerprint density at radius 1 is 0.971 bits per heavy atom. The number of carbonyl (C=O) groups excluding carboxylic acids is 2. The molecule has 4 nitrogen and oxygen atoms in total. The Kier molecular flexibility index (Phi) is 10.7. The molecule has 3 rings (SSSR count). The highest BCUT2D eigenvalue weighted by Crippen LogP contribution is 2.23. The zero-order chi connectivity index (χ0) is 25.0. The molecule has 0 aliphatic rings. The van der Waals surface area contributed by atoms with E-state index >= 15 is 0 Å². The van der Waals surface area contributed by atoms with Crippen LogP contribution in [0.1, 0.15) is 36.5 Å². The third kappa shape index (κ3) is 8.44. The maximum atomic E-state index is 13.6. The number of carbonyl (C=O) groups is 2. The largest absolute Gasteiger partial charge is 0.355 e. The summed E-state index contributed by atoms with van der Waals surface area (Å²) in [6, 6.07) is 25.1. The fourth-order valence-electron chi connectivity index (χ4n) is 3.90.